The minimum atomic E-state index is 0.187. The summed E-state index contributed by atoms with van der Waals surface area (Å²) in [5.41, 5.74) is 1.21. The van der Waals surface area contributed by atoms with Crippen LogP contribution in [0.1, 0.15) is 12.0 Å². The van der Waals surface area contributed by atoms with Gasteiger partial charge >= 0.3 is 6.02 Å². The van der Waals surface area contributed by atoms with Gasteiger partial charge in [0.05, 0.1) is 6.61 Å². The first-order valence-electron chi connectivity index (χ1n) is 8.46. The van der Waals surface area contributed by atoms with E-state index in [2.05, 4.69) is 21.3 Å². The first kappa shape index (κ1) is 19.3. The Kier molecular flexibility index (Phi) is 7.97. The van der Waals surface area contributed by atoms with Crippen LogP contribution in [-0.2, 0) is 6.54 Å². The van der Waals surface area contributed by atoms with Gasteiger partial charge in [-0.3, -0.25) is 0 Å². The highest BCUT2D eigenvalue weighted by molar-refractivity contribution is 5.77. The number of rotatable bonds is 8. The molecule has 0 radical (unpaired) electrons. The van der Waals surface area contributed by atoms with Gasteiger partial charge in [-0.05, 0) is 43.9 Å². The minimum Gasteiger partial charge on any atom is -0.494 e. The van der Waals surface area contributed by atoms with Crippen molar-refractivity contribution in [2.24, 2.45) is 4.99 Å². The molecule has 0 amide bonds. The largest absolute Gasteiger partial charge is 0.494 e. The number of nitrogens with zero attached hydrogens (tertiary/aromatic N) is 3. The fourth-order valence-corrected chi connectivity index (χ4v) is 2.28. The Balaban J connectivity index is 1.78. The molecule has 0 heterocycles. The van der Waals surface area contributed by atoms with Crippen LogP contribution in [0.25, 0.3) is 0 Å². The van der Waals surface area contributed by atoms with Crippen molar-refractivity contribution in [3.63, 3.8) is 0 Å². The smallest absolute Gasteiger partial charge is 0.303 e. The molecule has 0 aliphatic carbocycles. The summed E-state index contributed by atoms with van der Waals surface area (Å²) in [5.74, 6) is 1.48. The Hall–Kier alpha value is -3.04. The van der Waals surface area contributed by atoms with Crippen molar-refractivity contribution in [1.82, 2.24) is 10.2 Å². The zero-order valence-corrected chi connectivity index (χ0v) is 15.2. The lowest BCUT2D eigenvalue weighted by Crippen LogP contribution is -2.25. The van der Waals surface area contributed by atoms with E-state index in [1.807, 2.05) is 56.7 Å². The van der Waals surface area contributed by atoms with Crippen LogP contribution in [0.15, 0.2) is 59.6 Å². The van der Waals surface area contributed by atoms with Gasteiger partial charge in [-0.1, -0.05) is 30.3 Å². The van der Waals surface area contributed by atoms with Gasteiger partial charge < -0.3 is 14.4 Å². The molecule has 0 unspecified atom stereocenters. The fourth-order valence-electron chi connectivity index (χ4n) is 2.28. The molecule has 6 nitrogen and oxygen atoms in total. The van der Waals surface area contributed by atoms with Crippen LogP contribution in [0.4, 0.5) is 0 Å². The van der Waals surface area contributed by atoms with Crippen molar-refractivity contribution >= 4 is 6.02 Å². The summed E-state index contributed by atoms with van der Waals surface area (Å²) in [5, 5.41) is 11.3. The second-order valence-electron chi connectivity index (χ2n) is 5.93. The highest BCUT2D eigenvalue weighted by atomic mass is 16.5. The van der Waals surface area contributed by atoms with Crippen LogP contribution < -0.4 is 14.8 Å². The Morgan fingerprint density at radius 3 is 2.62 bits per heavy atom. The summed E-state index contributed by atoms with van der Waals surface area (Å²) < 4.78 is 11.3. The van der Waals surface area contributed by atoms with E-state index in [4.69, 9.17) is 14.7 Å². The molecule has 136 valence electrons. The Bertz CT molecular complexity index is 739. The molecule has 26 heavy (non-hydrogen) atoms. The number of amidine groups is 1. The highest BCUT2D eigenvalue weighted by Crippen LogP contribution is 2.14. The molecule has 1 N–H and O–H groups in total. The summed E-state index contributed by atoms with van der Waals surface area (Å²) in [4.78, 5) is 6.39. The maximum atomic E-state index is 8.80. The standard InChI is InChI=1S/C20H24N4O2/c1-24(2)15-17-8-6-11-19(14-17)25-13-7-12-22-20(23-16-21)26-18-9-4-3-5-10-18/h3-6,8-11,14H,7,12-13,15H2,1-2H3,(H,22,23). The van der Waals surface area contributed by atoms with E-state index < -0.39 is 0 Å². The predicted molar refractivity (Wildman–Crippen MR) is 102 cm³/mol. The molecule has 2 aromatic carbocycles. The molecule has 0 aliphatic heterocycles. The number of ether oxygens (including phenoxy) is 2. The first-order chi connectivity index (χ1) is 12.7. The molecule has 2 aromatic rings. The van der Waals surface area contributed by atoms with Crippen molar-refractivity contribution in [3.8, 4) is 17.7 Å². The topological polar surface area (TPSA) is 69.9 Å². The van der Waals surface area contributed by atoms with Crippen LogP contribution in [0.2, 0.25) is 0 Å². The molecule has 0 bridgehead atoms. The predicted octanol–water partition coefficient (Wildman–Crippen LogP) is 3.02. The Morgan fingerprint density at radius 1 is 1.12 bits per heavy atom. The van der Waals surface area contributed by atoms with E-state index in [0.717, 1.165) is 12.3 Å². The summed E-state index contributed by atoms with van der Waals surface area (Å²) in [6.45, 7) is 1.91. The lowest BCUT2D eigenvalue weighted by Gasteiger charge is -2.11. The van der Waals surface area contributed by atoms with Gasteiger partial charge in [0.25, 0.3) is 0 Å². The molecule has 0 saturated heterocycles. The van der Waals surface area contributed by atoms with Crippen molar-refractivity contribution in [2.45, 2.75) is 13.0 Å². The quantitative estimate of drug-likeness (QED) is 0.260. The first-order valence-corrected chi connectivity index (χ1v) is 8.46. The van der Waals surface area contributed by atoms with Gasteiger partial charge in [0.15, 0.2) is 6.19 Å². The summed E-state index contributed by atoms with van der Waals surface area (Å²) in [7, 11) is 4.08. The maximum absolute atomic E-state index is 8.80. The monoisotopic (exact) mass is 352 g/mol. The molecule has 0 aliphatic rings. The Labute approximate surface area is 154 Å². The lowest BCUT2D eigenvalue weighted by atomic mass is 10.2. The second kappa shape index (κ2) is 10.7. The molecule has 0 spiro atoms. The van der Waals surface area contributed by atoms with E-state index in [1.54, 1.807) is 12.1 Å². The molecule has 0 atom stereocenters. The molecule has 2 rings (SSSR count). The van der Waals surface area contributed by atoms with Crippen LogP contribution in [-0.4, -0.2) is 38.2 Å². The molecular formula is C20H24N4O2. The Morgan fingerprint density at radius 2 is 1.88 bits per heavy atom. The third-order valence-electron chi connectivity index (χ3n) is 3.34. The zero-order valence-electron chi connectivity index (χ0n) is 15.2. The summed E-state index contributed by atoms with van der Waals surface area (Å²) in [6, 6.07) is 17.5. The summed E-state index contributed by atoms with van der Waals surface area (Å²) >= 11 is 0. The van der Waals surface area contributed by atoms with E-state index in [9.17, 15) is 0 Å². The van der Waals surface area contributed by atoms with Crippen molar-refractivity contribution in [1.29, 1.82) is 5.26 Å². The third-order valence-corrected chi connectivity index (χ3v) is 3.34. The van der Waals surface area contributed by atoms with E-state index in [-0.39, 0.29) is 6.02 Å². The lowest BCUT2D eigenvalue weighted by molar-refractivity contribution is 0.312. The molecule has 0 saturated carbocycles. The molecular weight excluding hydrogens is 328 g/mol. The molecule has 0 aromatic heterocycles. The zero-order chi connectivity index (χ0) is 18.6. The van der Waals surface area contributed by atoms with Gasteiger partial charge in [-0.15, -0.1) is 0 Å². The van der Waals surface area contributed by atoms with Crippen LogP contribution in [0, 0.1) is 11.5 Å². The number of nitriles is 1. The van der Waals surface area contributed by atoms with Gasteiger partial charge in [0, 0.05) is 19.5 Å². The van der Waals surface area contributed by atoms with Gasteiger partial charge in [0.1, 0.15) is 11.5 Å². The number of aliphatic imine (C=N–C) groups is 1. The van der Waals surface area contributed by atoms with Crippen LogP contribution >= 0.6 is 0 Å². The molecule has 6 heteroatoms. The maximum Gasteiger partial charge on any atom is 0.303 e. The molecule has 0 fully saturated rings. The average Bonchev–Trinajstić information content (AvgIpc) is 2.62. The van der Waals surface area contributed by atoms with Gasteiger partial charge in [-0.25, -0.2) is 10.3 Å². The number of hydrogen-bond acceptors (Lipinski definition) is 5. The second-order valence-corrected chi connectivity index (χ2v) is 5.93. The number of benzene rings is 2. The number of hydrogen-bond donors (Lipinski definition) is 1. The van der Waals surface area contributed by atoms with Gasteiger partial charge in [0.2, 0.25) is 0 Å². The van der Waals surface area contributed by atoms with Crippen LogP contribution in [0.5, 0.6) is 11.5 Å². The van der Waals surface area contributed by atoms with E-state index in [1.165, 1.54) is 5.56 Å². The van der Waals surface area contributed by atoms with E-state index in [0.29, 0.717) is 25.3 Å². The SMILES string of the molecule is CN(C)Cc1cccc(OCCCN=C(NC#N)Oc2ccccc2)c1. The normalized spacial score (nSPS) is 11.1. The van der Waals surface area contributed by atoms with Crippen molar-refractivity contribution < 1.29 is 9.47 Å². The average molecular weight is 352 g/mol. The van der Waals surface area contributed by atoms with E-state index >= 15 is 0 Å². The van der Waals surface area contributed by atoms with Crippen molar-refractivity contribution in [3.05, 3.63) is 60.2 Å². The number of nitrogens with one attached hydrogen (secondary N) is 1. The highest BCUT2D eigenvalue weighted by Gasteiger charge is 2.02. The van der Waals surface area contributed by atoms with Crippen LogP contribution in [0.3, 0.4) is 0 Å². The van der Waals surface area contributed by atoms with Gasteiger partial charge in [-0.2, -0.15) is 5.26 Å². The van der Waals surface area contributed by atoms with Crippen molar-refractivity contribution in [2.75, 3.05) is 27.2 Å². The summed E-state index contributed by atoms with van der Waals surface area (Å²) in [6.07, 6.45) is 2.55. The number of para-hydroxylation sites is 1. The third kappa shape index (κ3) is 7.24. The minimum absolute atomic E-state index is 0.187. The fraction of sp³-hybridized carbons (Fsp3) is 0.300.